The molecule has 0 spiro atoms. The van der Waals surface area contributed by atoms with Gasteiger partial charge in [0.2, 0.25) is 5.91 Å². The second-order valence-corrected chi connectivity index (χ2v) is 7.50. The number of halogens is 1. The number of carbonyl (C=O) groups is 1. The summed E-state index contributed by atoms with van der Waals surface area (Å²) in [5.41, 5.74) is 1.60. The molecule has 1 amide bonds. The van der Waals surface area contributed by atoms with Crippen LogP contribution >= 0.6 is 0 Å². The summed E-state index contributed by atoms with van der Waals surface area (Å²) in [7, 11) is -1.41. The van der Waals surface area contributed by atoms with E-state index in [1.165, 1.54) is 16.4 Å². The maximum Gasteiger partial charge on any atom is 0.241 e. The maximum atomic E-state index is 13.1. The molecule has 3 unspecified atom stereocenters. The molecule has 0 saturated carbocycles. The van der Waals surface area contributed by atoms with Crippen molar-refractivity contribution < 1.29 is 18.1 Å². The number of nitrogens with zero attached hydrogens (tertiary/aromatic N) is 1. The van der Waals surface area contributed by atoms with Gasteiger partial charge in [0.15, 0.2) is 0 Å². The smallest absolute Gasteiger partial charge is 0.241 e. The Labute approximate surface area is 141 Å². The van der Waals surface area contributed by atoms with E-state index in [-0.39, 0.29) is 23.0 Å². The molecule has 124 valence electrons. The summed E-state index contributed by atoms with van der Waals surface area (Å²) in [6, 6.07) is 13.1. The molecule has 0 N–H and O–H groups in total. The molecule has 1 saturated heterocycles. The Balaban J connectivity index is 1.57. The fourth-order valence-corrected chi connectivity index (χ4v) is 5.00. The average molecular weight is 345 g/mol. The van der Waals surface area contributed by atoms with Gasteiger partial charge in [-0.05, 0) is 30.7 Å². The number of carbonyl (C=O) groups excluding carboxylic acids is 1. The minimum atomic E-state index is -1.41. The SMILES string of the molecule is C[C@H](C(=O)N1C2COc3ccccc3C2S1=O)c1ccc(F)cc1. The Hall–Kier alpha value is -2.21. The lowest BCUT2D eigenvalue weighted by Gasteiger charge is -2.49. The molecule has 0 aliphatic carbocycles. The van der Waals surface area contributed by atoms with E-state index in [9.17, 15) is 13.4 Å². The third-order valence-electron chi connectivity index (χ3n) is 4.65. The van der Waals surface area contributed by atoms with E-state index in [2.05, 4.69) is 0 Å². The molecule has 0 radical (unpaired) electrons. The highest BCUT2D eigenvalue weighted by Crippen LogP contribution is 2.47. The summed E-state index contributed by atoms with van der Waals surface area (Å²) in [5, 5.41) is -0.195. The summed E-state index contributed by atoms with van der Waals surface area (Å²) in [5.74, 6) is -0.300. The van der Waals surface area contributed by atoms with Gasteiger partial charge >= 0.3 is 0 Å². The van der Waals surface area contributed by atoms with E-state index >= 15 is 0 Å². The summed E-state index contributed by atoms with van der Waals surface area (Å²) in [4.78, 5) is 12.8. The summed E-state index contributed by atoms with van der Waals surface area (Å²) >= 11 is 0. The standard InChI is InChI=1S/C18H16FNO3S/c1-11(12-6-8-13(19)9-7-12)18(21)20-15-10-23-16-5-3-2-4-14(16)17(15)24(20)22/h2-9,11,15,17H,10H2,1H3/t11-,15?,17?,24?/m0/s1. The highest BCUT2D eigenvalue weighted by atomic mass is 32.2. The molecule has 2 aliphatic rings. The lowest BCUT2D eigenvalue weighted by molar-refractivity contribution is -0.131. The van der Waals surface area contributed by atoms with Crippen molar-refractivity contribution in [3.8, 4) is 5.75 Å². The highest BCUT2D eigenvalue weighted by Gasteiger charge is 2.54. The lowest BCUT2D eigenvalue weighted by Crippen LogP contribution is -2.62. The zero-order valence-corrected chi connectivity index (χ0v) is 13.8. The van der Waals surface area contributed by atoms with Crippen LogP contribution in [0.3, 0.4) is 0 Å². The van der Waals surface area contributed by atoms with Crippen molar-refractivity contribution in [1.82, 2.24) is 4.31 Å². The second kappa shape index (κ2) is 5.70. The van der Waals surface area contributed by atoms with Crippen molar-refractivity contribution >= 4 is 16.9 Å². The highest BCUT2D eigenvalue weighted by molar-refractivity contribution is 7.85. The van der Waals surface area contributed by atoms with Crippen LogP contribution in [0.25, 0.3) is 0 Å². The van der Waals surface area contributed by atoms with Crippen LogP contribution in [0.5, 0.6) is 5.75 Å². The predicted molar refractivity (Wildman–Crippen MR) is 88.3 cm³/mol. The number of ether oxygens (including phenoxy) is 1. The molecule has 2 aromatic rings. The molecule has 2 aromatic carbocycles. The first-order chi connectivity index (χ1) is 11.6. The van der Waals surface area contributed by atoms with Gasteiger partial charge in [-0.2, -0.15) is 0 Å². The monoisotopic (exact) mass is 345 g/mol. The van der Waals surface area contributed by atoms with Gasteiger partial charge in [0.05, 0.1) is 5.92 Å². The number of benzene rings is 2. The van der Waals surface area contributed by atoms with Gasteiger partial charge in [-0.1, -0.05) is 30.3 Å². The first kappa shape index (κ1) is 15.3. The van der Waals surface area contributed by atoms with Gasteiger partial charge in [0, 0.05) is 5.56 Å². The van der Waals surface area contributed by atoms with Gasteiger partial charge in [0.1, 0.15) is 40.5 Å². The summed E-state index contributed by atoms with van der Waals surface area (Å²) in [6.45, 7) is 2.09. The normalized spacial score (nSPS) is 25.8. The van der Waals surface area contributed by atoms with Gasteiger partial charge in [-0.25, -0.2) is 8.60 Å². The third-order valence-corrected chi connectivity index (χ3v) is 6.50. The molecule has 0 bridgehead atoms. The molecular weight excluding hydrogens is 329 g/mol. The third kappa shape index (κ3) is 2.24. The largest absolute Gasteiger partial charge is 0.491 e. The Morgan fingerprint density at radius 2 is 1.96 bits per heavy atom. The fourth-order valence-electron chi connectivity index (χ4n) is 3.28. The minimum Gasteiger partial charge on any atom is -0.491 e. The first-order valence-corrected chi connectivity index (χ1v) is 8.96. The van der Waals surface area contributed by atoms with Gasteiger partial charge in [-0.15, -0.1) is 0 Å². The maximum absolute atomic E-state index is 13.1. The van der Waals surface area contributed by atoms with E-state index in [0.717, 1.165) is 11.3 Å². The fraction of sp³-hybridized carbons (Fsp3) is 0.278. The Kier molecular flexibility index (Phi) is 3.64. The van der Waals surface area contributed by atoms with Gasteiger partial charge in [-0.3, -0.25) is 9.10 Å². The zero-order valence-electron chi connectivity index (χ0n) is 13.0. The van der Waals surface area contributed by atoms with E-state index < -0.39 is 16.9 Å². The van der Waals surface area contributed by atoms with Crippen molar-refractivity contribution in [2.45, 2.75) is 24.1 Å². The zero-order chi connectivity index (χ0) is 16.8. The van der Waals surface area contributed by atoms with Gasteiger partial charge < -0.3 is 4.74 Å². The average Bonchev–Trinajstić information content (AvgIpc) is 2.60. The first-order valence-electron chi connectivity index (χ1n) is 7.79. The lowest BCUT2D eigenvalue weighted by atomic mass is 9.97. The van der Waals surface area contributed by atoms with Crippen LogP contribution in [-0.2, 0) is 15.8 Å². The van der Waals surface area contributed by atoms with Crippen molar-refractivity contribution in [2.75, 3.05) is 6.61 Å². The van der Waals surface area contributed by atoms with Crippen molar-refractivity contribution in [1.29, 1.82) is 0 Å². The van der Waals surface area contributed by atoms with Crippen molar-refractivity contribution in [2.24, 2.45) is 0 Å². The van der Waals surface area contributed by atoms with Crippen LogP contribution in [0.4, 0.5) is 4.39 Å². The number of fused-ring (bicyclic) bond motifs is 3. The summed E-state index contributed by atoms with van der Waals surface area (Å²) in [6.07, 6.45) is 0. The minimum absolute atomic E-state index is 0.195. The van der Waals surface area contributed by atoms with Crippen LogP contribution < -0.4 is 4.74 Å². The van der Waals surface area contributed by atoms with Crippen molar-refractivity contribution in [3.63, 3.8) is 0 Å². The number of hydrogen-bond acceptors (Lipinski definition) is 3. The molecule has 2 aliphatic heterocycles. The molecule has 0 aromatic heterocycles. The van der Waals surface area contributed by atoms with Crippen LogP contribution in [0.15, 0.2) is 48.5 Å². The Morgan fingerprint density at radius 1 is 1.25 bits per heavy atom. The molecule has 4 rings (SSSR count). The van der Waals surface area contributed by atoms with E-state index in [4.69, 9.17) is 4.74 Å². The van der Waals surface area contributed by atoms with Crippen LogP contribution in [0.2, 0.25) is 0 Å². The quantitative estimate of drug-likeness (QED) is 0.841. The molecule has 1 fully saturated rings. The van der Waals surface area contributed by atoms with Crippen LogP contribution in [0, 0.1) is 5.82 Å². The number of rotatable bonds is 2. The predicted octanol–water partition coefficient (Wildman–Crippen LogP) is 2.94. The van der Waals surface area contributed by atoms with Crippen LogP contribution in [0.1, 0.15) is 29.2 Å². The topological polar surface area (TPSA) is 46.6 Å². The Bertz CT molecular complexity index is 823. The molecular formula is C18H16FNO3S. The number of amides is 1. The summed E-state index contributed by atoms with van der Waals surface area (Å²) < 4.78 is 32.9. The van der Waals surface area contributed by atoms with E-state index in [0.29, 0.717) is 12.2 Å². The molecule has 6 heteroatoms. The molecule has 24 heavy (non-hydrogen) atoms. The van der Waals surface area contributed by atoms with E-state index in [1.807, 2.05) is 24.3 Å². The molecule has 4 nitrogen and oxygen atoms in total. The number of hydrogen-bond donors (Lipinski definition) is 0. The molecule has 2 heterocycles. The van der Waals surface area contributed by atoms with E-state index in [1.54, 1.807) is 19.1 Å². The molecule has 4 atom stereocenters. The number of para-hydroxylation sites is 1. The van der Waals surface area contributed by atoms with Gasteiger partial charge in [0.25, 0.3) is 0 Å². The second-order valence-electron chi connectivity index (χ2n) is 6.05. The Morgan fingerprint density at radius 3 is 2.71 bits per heavy atom. The van der Waals surface area contributed by atoms with Crippen LogP contribution in [-0.4, -0.2) is 27.1 Å². The van der Waals surface area contributed by atoms with Crippen molar-refractivity contribution in [3.05, 3.63) is 65.5 Å².